The van der Waals surface area contributed by atoms with E-state index in [0.29, 0.717) is 6.42 Å². The van der Waals surface area contributed by atoms with Gasteiger partial charge in [0.05, 0.1) is 25.4 Å². The number of amides is 1. The quantitative estimate of drug-likeness (QED) is 0.0262. The Hall–Kier alpha value is -1.85. The van der Waals surface area contributed by atoms with Crippen LogP contribution in [0.1, 0.15) is 219 Å². The maximum atomic E-state index is 12.9. The molecule has 1 rings (SSSR count). The van der Waals surface area contributed by atoms with Gasteiger partial charge in [-0.3, -0.25) is 4.79 Å². The summed E-state index contributed by atoms with van der Waals surface area (Å²) in [6.07, 6.45) is 47.5. The van der Waals surface area contributed by atoms with Crippen molar-refractivity contribution in [1.29, 1.82) is 0 Å². The van der Waals surface area contributed by atoms with Crippen LogP contribution in [0.5, 0.6) is 0 Å². The molecule has 61 heavy (non-hydrogen) atoms. The third-order valence-electron chi connectivity index (χ3n) is 11.9. The number of allylic oxidation sites excluding steroid dienone is 7. The van der Waals surface area contributed by atoms with E-state index in [2.05, 4.69) is 55.6 Å². The zero-order valence-corrected chi connectivity index (χ0v) is 39.2. The second kappa shape index (κ2) is 42.1. The van der Waals surface area contributed by atoms with E-state index in [-0.39, 0.29) is 12.5 Å². The number of aliphatic hydroxyl groups is 5. The molecule has 0 saturated carbocycles. The van der Waals surface area contributed by atoms with Gasteiger partial charge in [0, 0.05) is 6.42 Å². The number of aliphatic hydroxyl groups excluding tert-OH is 5. The first-order valence-electron chi connectivity index (χ1n) is 25.4. The molecule has 0 spiro atoms. The van der Waals surface area contributed by atoms with Crippen molar-refractivity contribution < 1.29 is 39.8 Å². The molecule has 0 radical (unpaired) electrons. The number of rotatable bonds is 42. The summed E-state index contributed by atoms with van der Waals surface area (Å²) in [5, 5.41) is 54.2. The van der Waals surface area contributed by atoms with Crippen molar-refractivity contribution in [2.75, 3.05) is 13.2 Å². The maximum absolute atomic E-state index is 12.9. The third-order valence-corrected chi connectivity index (χ3v) is 11.9. The normalized spacial score (nSPS) is 20.8. The summed E-state index contributed by atoms with van der Waals surface area (Å²) < 4.78 is 11.2. The van der Waals surface area contributed by atoms with E-state index in [1.165, 1.54) is 128 Å². The van der Waals surface area contributed by atoms with E-state index in [1.54, 1.807) is 6.08 Å². The summed E-state index contributed by atoms with van der Waals surface area (Å²) in [5.74, 6) is -0.202. The van der Waals surface area contributed by atoms with Gasteiger partial charge >= 0.3 is 0 Å². The lowest BCUT2D eigenvalue weighted by molar-refractivity contribution is -0.302. The molecule has 7 atom stereocenters. The van der Waals surface area contributed by atoms with Crippen LogP contribution < -0.4 is 5.32 Å². The van der Waals surface area contributed by atoms with Crippen LogP contribution in [0, 0.1) is 0 Å². The molecule has 1 saturated heterocycles. The summed E-state index contributed by atoms with van der Waals surface area (Å²) in [6, 6.07) is -0.829. The molecule has 1 fully saturated rings. The Morgan fingerprint density at radius 1 is 0.557 bits per heavy atom. The van der Waals surface area contributed by atoms with Crippen molar-refractivity contribution in [3.05, 3.63) is 48.6 Å². The zero-order chi connectivity index (χ0) is 44.4. The van der Waals surface area contributed by atoms with Gasteiger partial charge in [0.1, 0.15) is 24.4 Å². The van der Waals surface area contributed by atoms with E-state index in [4.69, 9.17) is 9.47 Å². The summed E-state index contributed by atoms with van der Waals surface area (Å²) in [6.45, 7) is 3.69. The van der Waals surface area contributed by atoms with Crippen molar-refractivity contribution in [2.24, 2.45) is 0 Å². The molecule has 0 aliphatic carbocycles. The fourth-order valence-electron chi connectivity index (χ4n) is 7.80. The Morgan fingerprint density at radius 2 is 1.02 bits per heavy atom. The molecular weight excluding hydrogens is 767 g/mol. The van der Waals surface area contributed by atoms with Gasteiger partial charge < -0.3 is 40.3 Å². The lowest BCUT2D eigenvalue weighted by Gasteiger charge is -2.40. The smallest absolute Gasteiger partial charge is 0.220 e. The number of hydrogen-bond donors (Lipinski definition) is 6. The highest BCUT2D eigenvalue weighted by atomic mass is 16.7. The largest absolute Gasteiger partial charge is 0.394 e. The van der Waals surface area contributed by atoms with Gasteiger partial charge in [0.2, 0.25) is 5.91 Å². The average molecular weight is 862 g/mol. The number of nitrogens with one attached hydrogen (secondary N) is 1. The highest BCUT2D eigenvalue weighted by Gasteiger charge is 2.44. The van der Waals surface area contributed by atoms with Crippen LogP contribution in [-0.2, 0) is 14.3 Å². The second-order valence-electron chi connectivity index (χ2n) is 17.6. The van der Waals surface area contributed by atoms with Crippen LogP contribution in [0.3, 0.4) is 0 Å². The van der Waals surface area contributed by atoms with Crippen molar-refractivity contribution in [1.82, 2.24) is 5.32 Å². The highest BCUT2D eigenvalue weighted by Crippen LogP contribution is 2.23. The maximum Gasteiger partial charge on any atom is 0.220 e. The fraction of sp³-hybridized carbons (Fsp3) is 0.827. The second-order valence-corrected chi connectivity index (χ2v) is 17.6. The summed E-state index contributed by atoms with van der Waals surface area (Å²) in [4.78, 5) is 12.9. The minimum absolute atomic E-state index is 0.202. The minimum Gasteiger partial charge on any atom is -0.394 e. The first-order valence-corrected chi connectivity index (χ1v) is 25.4. The first kappa shape index (κ1) is 57.2. The molecule has 0 aromatic carbocycles. The molecule has 0 aromatic rings. The number of carbonyl (C=O) groups excluding carboxylic acids is 1. The molecule has 1 amide bonds. The predicted octanol–water partition coefficient (Wildman–Crippen LogP) is 11.4. The molecule has 9 nitrogen and oxygen atoms in total. The van der Waals surface area contributed by atoms with E-state index < -0.39 is 49.5 Å². The van der Waals surface area contributed by atoms with Crippen molar-refractivity contribution in [3.63, 3.8) is 0 Å². The minimum atomic E-state index is -1.57. The van der Waals surface area contributed by atoms with Gasteiger partial charge in [0.25, 0.3) is 0 Å². The number of unbranched alkanes of at least 4 members (excludes halogenated alkanes) is 26. The Balaban J connectivity index is 2.29. The molecule has 1 aliphatic heterocycles. The van der Waals surface area contributed by atoms with Crippen LogP contribution in [0.15, 0.2) is 48.6 Å². The number of hydrogen-bond acceptors (Lipinski definition) is 8. The van der Waals surface area contributed by atoms with Crippen molar-refractivity contribution in [2.45, 2.75) is 262 Å². The van der Waals surface area contributed by atoms with Gasteiger partial charge in [-0.25, -0.2) is 0 Å². The molecule has 6 N–H and O–H groups in total. The molecule has 1 aliphatic rings. The van der Waals surface area contributed by atoms with E-state index in [0.717, 1.165) is 70.6 Å². The van der Waals surface area contributed by atoms with Crippen LogP contribution in [0.2, 0.25) is 0 Å². The predicted molar refractivity (Wildman–Crippen MR) is 253 cm³/mol. The lowest BCUT2D eigenvalue weighted by atomic mass is 9.99. The first-order chi connectivity index (χ1) is 29.8. The lowest BCUT2D eigenvalue weighted by Crippen LogP contribution is -2.60. The van der Waals surface area contributed by atoms with Gasteiger partial charge in [-0.1, -0.05) is 204 Å². The monoisotopic (exact) mass is 862 g/mol. The Labute approximate surface area is 373 Å². The summed E-state index contributed by atoms with van der Waals surface area (Å²) in [5.41, 5.74) is 0. The van der Waals surface area contributed by atoms with E-state index in [1.807, 2.05) is 6.08 Å². The van der Waals surface area contributed by atoms with Gasteiger partial charge in [-0.2, -0.15) is 0 Å². The Bertz CT molecular complexity index is 1090. The molecule has 0 bridgehead atoms. The van der Waals surface area contributed by atoms with Gasteiger partial charge in [0.15, 0.2) is 6.29 Å². The molecule has 9 heteroatoms. The van der Waals surface area contributed by atoms with Crippen LogP contribution in [0.4, 0.5) is 0 Å². The summed E-state index contributed by atoms with van der Waals surface area (Å²) in [7, 11) is 0. The van der Waals surface area contributed by atoms with E-state index in [9.17, 15) is 30.3 Å². The molecular formula is C52H95NO8. The average Bonchev–Trinajstić information content (AvgIpc) is 3.26. The molecule has 1 heterocycles. The van der Waals surface area contributed by atoms with Crippen molar-refractivity contribution in [3.8, 4) is 0 Å². The number of carbonyl (C=O) groups is 1. The zero-order valence-electron chi connectivity index (χ0n) is 39.2. The molecule has 356 valence electrons. The highest BCUT2D eigenvalue weighted by molar-refractivity contribution is 5.76. The topological polar surface area (TPSA) is 149 Å². The standard InChI is InChI=1S/C52H95NO8/c1-3-5-7-9-11-13-15-17-18-19-20-21-22-23-24-25-26-27-28-30-31-33-35-37-39-41-46(55)45(44-60-52-51(59)50(58)49(57)47(43-54)61-52)53-48(56)42-40-38-36-34-32-29-16-14-12-10-8-6-4-2/h8,10,14,16,31,33,39,41,45-47,49-52,54-55,57-59H,3-7,9,11-13,15,17-30,32,34-38,40,42-44H2,1-2H3,(H,53,56)/b10-8-,16-14-,33-31+,41-39+. The van der Waals surface area contributed by atoms with Crippen LogP contribution >= 0.6 is 0 Å². The number of ether oxygens (including phenoxy) is 2. The van der Waals surface area contributed by atoms with Crippen molar-refractivity contribution >= 4 is 5.91 Å². The van der Waals surface area contributed by atoms with Crippen LogP contribution in [0.25, 0.3) is 0 Å². The SMILES string of the molecule is CCC/C=C\C/C=C\CCCCCCCC(=O)NC(COC1OC(CO)C(O)C(O)C1O)C(O)/C=C/CC/C=C/CCCCCCCCCCCCCCCCCCCCC. The molecule has 7 unspecified atom stereocenters. The van der Waals surface area contributed by atoms with Gasteiger partial charge in [-0.15, -0.1) is 0 Å². The fourth-order valence-corrected chi connectivity index (χ4v) is 7.80. The third kappa shape index (κ3) is 32.5. The Kier molecular flexibility index (Phi) is 39.5. The van der Waals surface area contributed by atoms with Gasteiger partial charge in [-0.05, 0) is 57.8 Å². The van der Waals surface area contributed by atoms with Crippen LogP contribution in [-0.4, -0.2) is 87.5 Å². The Morgan fingerprint density at radius 3 is 1.54 bits per heavy atom. The summed E-state index contributed by atoms with van der Waals surface area (Å²) >= 11 is 0. The molecule has 0 aromatic heterocycles. The van der Waals surface area contributed by atoms with E-state index >= 15 is 0 Å².